The summed E-state index contributed by atoms with van der Waals surface area (Å²) in [6, 6.07) is 0. The van der Waals surface area contributed by atoms with Crippen LogP contribution in [0.25, 0.3) is 0 Å². The summed E-state index contributed by atoms with van der Waals surface area (Å²) in [5.74, 6) is 0.210. The van der Waals surface area contributed by atoms with Crippen LogP contribution in [0, 0.1) is 0 Å². The fourth-order valence-electron chi connectivity index (χ4n) is 1.10. The van der Waals surface area contributed by atoms with Crippen molar-refractivity contribution in [2.75, 3.05) is 0 Å². The Morgan fingerprint density at radius 3 is 3.06 bits per heavy atom. The molecule has 0 N–H and O–H groups in total. The molecular formula is C11H9N3O2. The van der Waals surface area contributed by atoms with E-state index in [1.54, 1.807) is 41.9 Å². The van der Waals surface area contributed by atoms with Gasteiger partial charge >= 0.3 is 5.97 Å². The van der Waals surface area contributed by atoms with E-state index in [0.29, 0.717) is 5.84 Å². The molecule has 2 aliphatic rings. The third-order valence-corrected chi connectivity index (χ3v) is 1.80. The van der Waals surface area contributed by atoms with Crippen molar-refractivity contribution in [2.24, 2.45) is 9.98 Å². The van der Waals surface area contributed by atoms with Crippen LogP contribution in [0.5, 0.6) is 0 Å². The first-order valence-electron chi connectivity index (χ1n) is 4.63. The summed E-state index contributed by atoms with van der Waals surface area (Å²) in [4.78, 5) is 20.9. The number of esters is 1. The van der Waals surface area contributed by atoms with Gasteiger partial charge in [-0.3, -0.25) is 4.90 Å². The van der Waals surface area contributed by atoms with E-state index >= 15 is 0 Å². The summed E-state index contributed by atoms with van der Waals surface area (Å²) >= 11 is 0. The number of hydrogen-bond acceptors (Lipinski definition) is 5. The molecule has 0 bridgehead atoms. The zero-order chi connectivity index (χ0) is 11.2. The molecule has 0 aromatic heterocycles. The van der Waals surface area contributed by atoms with Gasteiger partial charge in [0.15, 0.2) is 0 Å². The maximum atomic E-state index is 11.1. The number of carbonyl (C=O) groups excluding carboxylic acids is 1. The number of fused-ring (bicyclic) bond motifs is 1. The zero-order valence-corrected chi connectivity index (χ0v) is 8.35. The van der Waals surface area contributed by atoms with Crippen LogP contribution >= 0.6 is 0 Å². The minimum Gasteiger partial charge on any atom is -0.431 e. The maximum absolute atomic E-state index is 11.1. The molecule has 2 aliphatic heterocycles. The normalized spacial score (nSPS) is 24.9. The second-order valence-corrected chi connectivity index (χ2v) is 2.90. The molecule has 80 valence electrons. The standard InChI is InChI=1S/C11H9N3O2/c15-11-4-6-13-10-3-5-12-9-14(10)7-1-2-8-16-11/h1-9H/b6-4-,7-1-,8-2-,13-10?. The lowest BCUT2D eigenvalue weighted by molar-refractivity contribution is -0.132. The fraction of sp³-hybridized carbons (Fsp3) is 0. The van der Waals surface area contributed by atoms with E-state index in [-0.39, 0.29) is 0 Å². The highest BCUT2D eigenvalue weighted by Gasteiger charge is 2.04. The van der Waals surface area contributed by atoms with E-state index in [4.69, 9.17) is 4.74 Å². The van der Waals surface area contributed by atoms with Crippen LogP contribution in [0.2, 0.25) is 0 Å². The van der Waals surface area contributed by atoms with Crippen LogP contribution in [0.3, 0.4) is 0 Å². The summed E-state index contributed by atoms with van der Waals surface area (Å²) in [6.45, 7) is 0. The van der Waals surface area contributed by atoms with Crippen LogP contribution in [-0.2, 0) is 9.53 Å². The maximum Gasteiger partial charge on any atom is 0.337 e. The van der Waals surface area contributed by atoms with Crippen LogP contribution in [0.4, 0.5) is 0 Å². The monoisotopic (exact) mass is 215 g/mol. The molecule has 5 nitrogen and oxygen atoms in total. The van der Waals surface area contributed by atoms with E-state index in [1.807, 2.05) is 0 Å². The Morgan fingerprint density at radius 2 is 2.12 bits per heavy atom. The lowest BCUT2D eigenvalue weighted by Crippen LogP contribution is -2.23. The first-order valence-corrected chi connectivity index (χ1v) is 4.63. The van der Waals surface area contributed by atoms with Crippen molar-refractivity contribution in [3.05, 3.63) is 49.2 Å². The SMILES string of the molecule is O=C1/C=C\N=C2C=CN=CN2/C=C\C=C/O1. The van der Waals surface area contributed by atoms with Crippen LogP contribution in [-0.4, -0.2) is 23.0 Å². The average Bonchev–Trinajstić information content (AvgIpc) is 2.33. The summed E-state index contributed by atoms with van der Waals surface area (Å²) in [5, 5.41) is 0. The Bertz CT molecular complexity index is 456. The van der Waals surface area contributed by atoms with Crippen molar-refractivity contribution >= 4 is 18.1 Å². The second-order valence-electron chi connectivity index (χ2n) is 2.90. The van der Waals surface area contributed by atoms with Crippen molar-refractivity contribution in [3.8, 4) is 0 Å². The molecule has 0 atom stereocenters. The number of nitrogens with zero attached hydrogens (tertiary/aromatic N) is 3. The number of hydrogen-bond donors (Lipinski definition) is 0. The van der Waals surface area contributed by atoms with Gasteiger partial charge in [0, 0.05) is 24.7 Å². The van der Waals surface area contributed by atoms with Gasteiger partial charge in [0.2, 0.25) is 0 Å². The fourth-order valence-corrected chi connectivity index (χ4v) is 1.10. The van der Waals surface area contributed by atoms with E-state index in [2.05, 4.69) is 9.98 Å². The number of rotatable bonds is 0. The molecule has 0 aromatic rings. The Kier molecular flexibility index (Phi) is 3.08. The third-order valence-electron chi connectivity index (χ3n) is 1.80. The topological polar surface area (TPSA) is 54.3 Å². The molecule has 0 spiro atoms. The molecule has 2 heterocycles. The third kappa shape index (κ3) is 2.54. The van der Waals surface area contributed by atoms with Crippen LogP contribution in [0.1, 0.15) is 0 Å². The van der Waals surface area contributed by atoms with Crippen molar-refractivity contribution in [2.45, 2.75) is 0 Å². The minimum absolute atomic E-state index is 0.462. The van der Waals surface area contributed by atoms with Gasteiger partial charge in [0.1, 0.15) is 12.2 Å². The average molecular weight is 215 g/mol. The number of allylic oxidation sites excluding steroid dienone is 2. The molecule has 0 fully saturated rings. The first kappa shape index (κ1) is 10.1. The molecule has 16 heavy (non-hydrogen) atoms. The van der Waals surface area contributed by atoms with Crippen molar-refractivity contribution in [1.82, 2.24) is 4.90 Å². The summed E-state index contributed by atoms with van der Waals surface area (Å²) < 4.78 is 4.73. The van der Waals surface area contributed by atoms with E-state index < -0.39 is 5.97 Å². The molecule has 0 saturated heterocycles. The van der Waals surface area contributed by atoms with Crippen LogP contribution in [0.15, 0.2) is 59.2 Å². The molecule has 0 aliphatic carbocycles. The van der Waals surface area contributed by atoms with Crippen molar-refractivity contribution in [3.63, 3.8) is 0 Å². The highest BCUT2D eigenvalue weighted by atomic mass is 16.5. The lowest BCUT2D eigenvalue weighted by atomic mass is 10.4. The molecule has 5 heteroatoms. The van der Waals surface area contributed by atoms with Gasteiger partial charge in [0.25, 0.3) is 0 Å². The molecule has 0 radical (unpaired) electrons. The molecule has 0 amide bonds. The van der Waals surface area contributed by atoms with Crippen molar-refractivity contribution in [1.29, 1.82) is 0 Å². The second kappa shape index (κ2) is 4.88. The van der Waals surface area contributed by atoms with Gasteiger partial charge in [-0.05, 0) is 18.2 Å². The zero-order valence-electron chi connectivity index (χ0n) is 8.35. The van der Waals surface area contributed by atoms with Gasteiger partial charge in [0.05, 0.1) is 6.26 Å². The lowest BCUT2D eigenvalue weighted by Gasteiger charge is -2.15. The Balaban J connectivity index is 2.30. The minimum atomic E-state index is -0.462. The van der Waals surface area contributed by atoms with Crippen LogP contribution < -0.4 is 0 Å². The van der Waals surface area contributed by atoms with Crippen molar-refractivity contribution < 1.29 is 9.53 Å². The van der Waals surface area contributed by atoms with Gasteiger partial charge in [-0.2, -0.15) is 0 Å². The number of amidine groups is 1. The van der Waals surface area contributed by atoms with Gasteiger partial charge < -0.3 is 4.74 Å². The Morgan fingerprint density at radius 1 is 1.19 bits per heavy atom. The summed E-state index contributed by atoms with van der Waals surface area (Å²) in [7, 11) is 0. The molecule has 0 saturated carbocycles. The molecule has 2 rings (SSSR count). The number of aliphatic imine (C=N–C) groups is 2. The quantitative estimate of drug-likeness (QED) is 0.573. The van der Waals surface area contributed by atoms with E-state index in [9.17, 15) is 4.79 Å². The first-order chi connectivity index (χ1) is 7.86. The van der Waals surface area contributed by atoms with Gasteiger partial charge in [-0.25, -0.2) is 14.8 Å². The van der Waals surface area contributed by atoms with Gasteiger partial charge in [-0.1, -0.05) is 0 Å². The number of carbonyl (C=O) groups is 1. The van der Waals surface area contributed by atoms with Gasteiger partial charge in [-0.15, -0.1) is 0 Å². The molecular weight excluding hydrogens is 206 g/mol. The Labute approximate surface area is 92.4 Å². The number of cyclic esters (lactones) is 1. The Hall–Kier alpha value is -2.43. The van der Waals surface area contributed by atoms with E-state index in [0.717, 1.165) is 0 Å². The highest BCUT2D eigenvalue weighted by molar-refractivity contribution is 6.03. The summed E-state index contributed by atoms with van der Waals surface area (Å²) in [5.41, 5.74) is 0. The highest BCUT2D eigenvalue weighted by Crippen LogP contribution is 2.01. The predicted molar refractivity (Wildman–Crippen MR) is 60.4 cm³/mol. The number of ether oxygens (including phenoxy) is 1. The smallest absolute Gasteiger partial charge is 0.337 e. The van der Waals surface area contributed by atoms with E-state index in [1.165, 1.54) is 18.5 Å². The predicted octanol–water partition coefficient (Wildman–Crippen LogP) is 1.34. The molecule has 0 aromatic carbocycles. The largest absolute Gasteiger partial charge is 0.431 e. The summed E-state index contributed by atoms with van der Waals surface area (Å²) in [6.07, 6.45) is 14.0. The molecule has 0 unspecified atom stereocenters.